The standard InChI is InChI=1S/C17H28N2O/c1-17(2,3)16-11-10-15(12-18-16)20-14-8-6-13(7-9-14)19(4)5/h10-14H,6-9H2,1-5H3/t13-,14-. The minimum absolute atomic E-state index is 0.0995. The maximum Gasteiger partial charge on any atom is 0.138 e. The van der Waals surface area contributed by atoms with E-state index in [1.165, 1.54) is 12.8 Å². The maximum atomic E-state index is 6.07. The van der Waals surface area contributed by atoms with Gasteiger partial charge in [-0.1, -0.05) is 20.8 Å². The molecule has 3 heteroatoms. The molecular formula is C17H28N2O. The normalized spacial score (nSPS) is 23.9. The van der Waals surface area contributed by atoms with Crippen molar-refractivity contribution in [1.82, 2.24) is 9.88 Å². The van der Waals surface area contributed by atoms with Crippen molar-refractivity contribution in [3.63, 3.8) is 0 Å². The van der Waals surface area contributed by atoms with Crippen molar-refractivity contribution in [2.24, 2.45) is 0 Å². The van der Waals surface area contributed by atoms with Crippen molar-refractivity contribution < 1.29 is 4.74 Å². The molecule has 1 aliphatic carbocycles. The molecule has 0 spiro atoms. The summed E-state index contributed by atoms with van der Waals surface area (Å²) in [5.74, 6) is 0.909. The van der Waals surface area contributed by atoms with Crippen LogP contribution in [0.1, 0.15) is 52.1 Å². The van der Waals surface area contributed by atoms with Gasteiger partial charge in [-0.3, -0.25) is 4.98 Å². The van der Waals surface area contributed by atoms with Gasteiger partial charge in [0.2, 0.25) is 0 Å². The van der Waals surface area contributed by atoms with Crippen LogP contribution < -0.4 is 4.74 Å². The molecule has 3 nitrogen and oxygen atoms in total. The minimum Gasteiger partial charge on any atom is -0.489 e. The molecule has 20 heavy (non-hydrogen) atoms. The van der Waals surface area contributed by atoms with Gasteiger partial charge in [-0.15, -0.1) is 0 Å². The Morgan fingerprint density at radius 1 is 1.10 bits per heavy atom. The highest BCUT2D eigenvalue weighted by atomic mass is 16.5. The third-order valence-electron chi connectivity index (χ3n) is 4.18. The quantitative estimate of drug-likeness (QED) is 0.843. The lowest BCUT2D eigenvalue weighted by molar-refractivity contribution is 0.111. The molecular weight excluding hydrogens is 248 g/mol. The van der Waals surface area contributed by atoms with Gasteiger partial charge in [0.25, 0.3) is 0 Å². The van der Waals surface area contributed by atoms with Crippen molar-refractivity contribution in [2.45, 2.75) is 64.0 Å². The van der Waals surface area contributed by atoms with Gasteiger partial charge >= 0.3 is 0 Å². The van der Waals surface area contributed by atoms with E-state index in [0.29, 0.717) is 6.10 Å². The summed E-state index contributed by atoms with van der Waals surface area (Å²) >= 11 is 0. The van der Waals surface area contributed by atoms with Crippen LogP contribution in [0.3, 0.4) is 0 Å². The third-order valence-corrected chi connectivity index (χ3v) is 4.18. The third kappa shape index (κ3) is 3.95. The first kappa shape index (κ1) is 15.3. The largest absolute Gasteiger partial charge is 0.489 e. The van der Waals surface area contributed by atoms with Gasteiger partial charge in [-0.25, -0.2) is 0 Å². The Morgan fingerprint density at radius 2 is 1.75 bits per heavy atom. The topological polar surface area (TPSA) is 25.4 Å². The van der Waals surface area contributed by atoms with Gasteiger partial charge in [0.15, 0.2) is 0 Å². The highest BCUT2D eigenvalue weighted by Gasteiger charge is 2.23. The molecule has 0 radical (unpaired) electrons. The van der Waals surface area contributed by atoms with E-state index in [4.69, 9.17) is 4.74 Å². The van der Waals surface area contributed by atoms with Gasteiger partial charge in [0.1, 0.15) is 5.75 Å². The molecule has 1 aliphatic rings. The van der Waals surface area contributed by atoms with Gasteiger partial charge < -0.3 is 9.64 Å². The molecule has 2 rings (SSSR count). The Balaban J connectivity index is 1.89. The van der Waals surface area contributed by atoms with Gasteiger partial charge in [-0.05, 0) is 51.9 Å². The average molecular weight is 276 g/mol. The monoisotopic (exact) mass is 276 g/mol. The number of pyridine rings is 1. The van der Waals surface area contributed by atoms with E-state index in [9.17, 15) is 0 Å². The van der Waals surface area contributed by atoms with E-state index in [1.54, 1.807) is 0 Å². The molecule has 1 fully saturated rings. The van der Waals surface area contributed by atoms with Gasteiger partial charge in [-0.2, -0.15) is 0 Å². The lowest BCUT2D eigenvalue weighted by atomic mass is 9.91. The average Bonchev–Trinajstić information content (AvgIpc) is 2.39. The van der Waals surface area contributed by atoms with Crippen molar-refractivity contribution >= 4 is 0 Å². The zero-order valence-electron chi connectivity index (χ0n) is 13.5. The summed E-state index contributed by atoms with van der Waals surface area (Å²) in [6, 6.07) is 4.86. The van der Waals surface area contributed by atoms with Crippen LogP contribution in [0.5, 0.6) is 5.75 Å². The first-order chi connectivity index (χ1) is 9.36. The molecule has 0 amide bonds. The van der Waals surface area contributed by atoms with E-state index in [0.717, 1.165) is 30.3 Å². The summed E-state index contributed by atoms with van der Waals surface area (Å²) in [5, 5.41) is 0. The molecule has 0 atom stereocenters. The first-order valence-corrected chi connectivity index (χ1v) is 7.66. The second-order valence-corrected chi connectivity index (χ2v) is 7.14. The van der Waals surface area contributed by atoms with Crippen LogP contribution in [0.2, 0.25) is 0 Å². The second kappa shape index (κ2) is 6.13. The first-order valence-electron chi connectivity index (χ1n) is 7.66. The molecule has 1 heterocycles. The molecule has 0 bridgehead atoms. The number of aromatic nitrogens is 1. The highest BCUT2D eigenvalue weighted by Crippen LogP contribution is 2.27. The zero-order chi connectivity index (χ0) is 14.8. The number of hydrogen-bond donors (Lipinski definition) is 0. The summed E-state index contributed by atoms with van der Waals surface area (Å²) in [7, 11) is 4.34. The summed E-state index contributed by atoms with van der Waals surface area (Å²) in [4.78, 5) is 6.85. The van der Waals surface area contributed by atoms with E-state index < -0.39 is 0 Å². The van der Waals surface area contributed by atoms with Crippen LogP contribution >= 0.6 is 0 Å². The molecule has 0 N–H and O–H groups in total. The molecule has 1 aromatic heterocycles. The lowest BCUT2D eigenvalue weighted by Gasteiger charge is -2.32. The van der Waals surface area contributed by atoms with Crippen molar-refractivity contribution in [3.05, 3.63) is 24.0 Å². The van der Waals surface area contributed by atoms with Crippen LogP contribution in [0.15, 0.2) is 18.3 Å². The Kier molecular flexibility index (Phi) is 4.69. The van der Waals surface area contributed by atoms with Crippen LogP contribution in [0, 0.1) is 0 Å². The molecule has 0 aliphatic heterocycles. The smallest absolute Gasteiger partial charge is 0.138 e. The number of hydrogen-bond acceptors (Lipinski definition) is 3. The molecule has 1 saturated carbocycles. The highest BCUT2D eigenvalue weighted by molar-refractivity contribution is 5.23. The molecule has 0 saturated heterocycles. The van der Waals surface area contributed by atoms with Crippen molar-refractivity contribution in [3.8, 4) is 5.75 Å². The SMILES string of the molecule is CN(C)[C@H]1CC[C@H](Oc2ccc(C(C)(C)C)nc2)CC1. The van der Waals surface area contributed by atoms with E-state index >= 15 is 0 Å². The van der Waals surface area contributed by atoms with Crippen LogP contribution in [0.25, 0.3) is 0 Å². The van der Waals surface area contributed by atoms with E-state index in [-0.39, 0.29) is 5.41 Å². The lowest BCUT2D eigenvalue weighted by Crippen LogP contribution is -2.35. The Bertz CT molecular complexity index is 412. The van der Waals surface area contributed by atoms with E-state index in [2.05, 4.69) is 56.9 Å². The van der Waals surface area contributed by atoms with Crippen molar-refractivity contribution in [1.29, 1.82) is 0 Å². The summed E-state index contributed by atoms with van der Waals surface area (Å²) in [6.07, 6.45) is 6.97. The fourth-order valence-electron chi connectivity index (χ4n) is 2.77. The molecule has 112 valence electrons. The zero-order valence-corrected chi connectivity index (χ0v) is 13.5. The van der Waals surface area contributed by atoms with Crippen LogP contribution in [-0.2, 0) is 5.41 Å². The molecule has 0 aromatic carbocycles. The Hall–Kier alpha value is -1.09. The summed E-state index contributed by atoms with van der Waals surface area (Å²) < 4.78 is 6.07. The second-order valence-electron chi connectivity index (χ2n) is 7.14. The Labute approximate surface area is 123 Å². The fourth-order valence-corrected chi connectivity index (χ4v) is 2.77. The molecule has 1 aromatic rings. The van der Waals surface area contributed by atoms with Crippen LogP contribution in [0.4, 0.5) is 0 Å². The van der Waals surface area contributed by atoms with Crippen molar-refractivity contribution in [2.75, 3.05) is 14.1 Å². The van der Waals surface area contributed by atoms with Crippen LogP contribution in [-0.4, -0.2) is 36.1 Å². The predicted molar refractivity (Wildman–Crippen MR) is 83.3 cm³/mol. The minimum atomic E-state index is 0.0995. The number of ether oxygens (including phenoxy) is 1. The van der Waals surface area contributed by atoms with E-state index in [1.807, 2.05) is 6.20 Å². The van der Waals surface area contributed by atoms with Gasteiger partial charge in [0.05, 0.1) is 12.3 Å². The molecule has 0 unspecified atom stereocenters. The Morgan fingerprint density at radius 3 is 2.20 bits per heavy atom. The number of nitrogens with zero attached hydrogens (tertiary/aromatic N) is 2. The predicted octanol–water partition coefficient (Wildman–Crippen LogP) is 3.63. The van der Waals surface area contributed by atoms with Gasteiger partial charge in [0, 0.05) is 17.2 Å². The summed E-state index contributed by atoms with van der Waals surface area (Å²) in [6.45, 7) is 6.54. The summed E-state index contributed by atoms with van der Waals surface area (Å²) in [5.41, 5.74) is 1.21. The fraction of sp³-hybridized carbons (Fsp3) is 0.706. The maximum absolute atomic E-state index is 6.07. The number of rotatable bonds is 3.